The normalized spacial score (nSPS) is 11.8. The lowest BCUT2D eigenvalue weighted by molar-refractivity contribution is -0.129. The van der Waals surface area contributed by atoms with E-state index in [0.29, 0.717) is 13.1 Å². The van der Waals surface area contributed by atoms with E-state index in [2.05, 4.69) is 11.4 Å². The summed E-state index contributed by atoms with van der Waals surface area (Å²) in [6.07, 6.45) is 0. The molecule has 1 amide bonds. The van der Waals surface area contributed by atoms with E-state index in [1.807, 2.05) is 6.92 Å². The highest BCUT2D eigenvalue weighted by molar-refractivity contribution is 5.77. The third-order valence-corrected chi connectivity index (χ3v) is 1.72. The molecular formula is C9H17N3O. The van der Waals surface area contributed by atoms with Crippen LogP contribution < -0.4 is 5.32 Å². The number of carbonyl (C=O) groups is 1. The van der Waals surface area contributed by atoms with Crippen LogP contribution in [0.25, 0.3) is 0 Å². The van der Waals surface area contributed by atoms with Gasteiger partial charge in [-0.05, 0) is 13.5 Å². The maximum absolute atomic E-state index is 11.3. The minimum atomic E-state index is -0.101. The van der Waals surface area contributed by atoms with Gasteiger partial charge < -0.3 is 10.2 Å². The Hall–Kier alpha value is -1.08. The summed E-state index contributed by atoms with van der Waals surface area (Å²) >= 11 is 0. The molecule has 1 atom stereocenters. The van der Waals surface area contributed by atoms with Crippen molar-refractivity contribution in [3.63, 3.8) is 0 Å². The Bertz CT molecular complexity index is 198. The summed E-state index contributed by atoms with van der Waals surface area (Å²) in [6, 6.07) is 2.09. The molecule has 0 rings (SSSR count). The molecule has 4 heteroatoms. The number of rotatable bonds is 5. The van der Waals surface area contributed by atoms with Crippen LogP contribution >= 0.6 is 0 Å². The fourth-order valence-electron chi connectivity index (χ4n) is 0.920. The second kappa shape index (κ2) is 6.44. The Kier molecular flexibility index (Phi) is 5.90. The third-order valence-electron chi connectivity index (χ3n) is 1.72. The molecule has 0 aliphatic rings. The fraction of sp³-hybridized carbons (Fsp3) is 0.778. The van der Waals surface area contributed by atoms with Crippen LogP contribution in [0.15, 0.2) is 0 Å². The average molecular weight is 183 g/mol. The molecular weight excluding hydrogens is 166 g/mol. The molecule has 0 fully saturated rings. The van der Waals surface area contributed by atoms with Crippen molar-refractivity contribution < 1.29 is 4.79 Å². The van der Waals surface area contributed by atoms with E-state index < -0.39 is 0 Å². The third kappa shape index (κ3) is 5.21. The van der Waals surface area contributed by atoms with Gasteiger partial charge in [-0.15, -0.1) is 0 Å². The molecule has 0 radical (unpaired) electrons. The van der Waals surface area contributed by atoms with Gasteiger partial charge in [-0.3, -0.25) is 4.79 Å². The molecule has 13 heavy (non-hydrogen) atoms. The van der Waals surface area contributed by atoms with Crippen LogP contribution in [-0.4, -0.2) is 37.5 Å². The van der Waals surface area contributed by atoms with Crippen LogP contribution in [0.5, 0.6) is 0 Å². The molecule has 1 N–H and O–H groups in total. The van der Waals surface area contributed by atoms with E-state index in [0.717, 1.165) is 6.54 Å². The van der Waals surface area contributed by atoms with Crippen molar-refractivity contribution in [2.75, 3.05) is 26.7 Å². The first-order chi connectivity index (χ1) is 6.11. The van der Waals surface area contributed by atoms with Crippen LogP contribution in [0.3, 0.4) is 0 Å². The van der Waals surface area contributed by atoms with Crippen molar-refractivity contribution >= 4 is 5.91 Å². The molecule has 0 bridgehead atoms. The second-order valence-electron chi connectivity index (χ2n) is 3.08. The molecule has 0 heterocycles. The first-order valence-electron chi connectivity index (χ1n) is 4.46. The van der Waals surface area contributed by atoms with Crippen molar-refractivity contribution in [1.82, 2.24) is 10.2 Å². The predicted octanol–water partition coefficient (Wildman–Crippen LogP) is 0.214. The first kappa shape index (κ1) is 11.9. The van der Waals surface area contributed by atoms with E-state index in [1.54, 1.807) is 18.9 Å². The van der Waals surface area contributed by atoms with Crippen LogP contribution in [0.4, 0.5) is 0 Å². The van der Waals surface area contributed by atoms with Crippen molar-refractivity contribution in [2.24, 2.45) is 5.92 Å². The number of hydrogen-bond acceptors (Lipinski definition) is 3. The molecule has 0 saturated heterocycles. The summed E-state index contributed by atoms with van der Waals surface area (Å²) in [5.41, 5.74) is 0. The van der Waals surface area contributed by atoms with E-state index in [4.69, 9.17) is 5.26 Å². The molecule has 0 saturated carbocycles. The highest BCUT2D eigenvalue weighted by Crippen LogP contribution is 1.95. The van der Waals surface area contributed by atoms with Crippen LogP contribution in [0.1, 0.15) is 13.8 Å². The Morgan fingerprint density at radius 2 is 2.31 bits per heavy atom. The maximum atomic E-state index is 11.3. The van der Waals surface area contributed by atoms with Gasteiger partial charge in [-0.1, -0.05) is 6.92 Å². The molecule has 0 aliphatic heterocycles. The highest BCUT2D eigenvalue weighted by atomic mass is 16.2. The van der Waals surface area contributed by atoms with Gasteiger partial charge in [0.15, 0.2) is 0 Å². The number of nitriles is 1. The van der Waals surface area contributed by atoms with Gasteiger partial charge in [0.1, 0.15) is 0 Å². The van der Waals surface area contributed by atoms with Gasteiger partial charge in [0.05, 0.1) is 18.5 Å². The number of hydrogen-bond donors (Lipinski definition) is 1. The number of amides is 1. The molecule has 0 aromatic heterocycles. The van der Waals surface area contributed by atoms with E-state index in [-0.39, 0.29) is 11.8 Å². The summed E-state index contributed by atoms with van der Waals surface area (Å²) in [5, 5.41) is 11.5. The Morgan fingerprint density at radius 1 is 1.69 bits per heavy atom. The van der Waals surface area contributed by atoms with Crippen molar-refractivity contribution in [3.05, 3.63) is 0 Å². The average Bonchev–Trinajstić information content (AvgIpc) is 2.13. The summed E-state index contributed by atoms with van der Waals surface area (Å²) in [5.74, 6) is -0.0699. The molecule has 0 aliphatic carbocycles. The minimum Gasteiger partial charge on any atom is -0.343 e. The Labute approximate surface area is 79.5 Å². The lowest BCUT2D eigenvalue weighted by Gasteiger charge is -2.18. The summed E-state index contributed by atoms with van der Waals surface area (Å²) in [6.45, 7) is 5.39. The predicted molar refractivity (Wildman–Crippen MR) is 51.0 cm³/mol. The summed E-state index contributed by atoms with van der Waals surface area (Å²) < 4.78 is 0. The summed E-state index contributed by atoms with van der Waals surface area (Å²) in [4.78, 5) is 12.9. The van der Waals surface area contributed by atoms with Gasteiger partial charge in [-0.25, -0.2) is 0 Å². The number of likely N-dealkylation sites (N-methyl/N-ethyl adjacent to an activating group) is 2. The molecule has 74 valence electrons. The van der Waals surface area contributed by atoms with Gasteiger partial charge >= 0.3 is 0 Å². The standard InChI is InChI=1S/C9H17N3O/c1-4-11-6-9(13)12(3)7-8(2)5-10/h8,11H,4,6-7H2,1-3H3. The second-order valence-corrected chi connectivity index (χ2v) is 3.08. The zero-order valence-electron chi connectivity index (χ0n) is 8.50. The zero-order valence-corrected chi connectivity index (χ0v) is 8.50. The van der Waals surface area contributed by atoms with Gasteiger partial charge in [-0.2, -0.15) is 5.26 Å². The largest absolute Gasteiger partial charge is 0.343 e. The molecule has 0 aromatic rings. The zero-order chi connectivity index (χ0) is 10.3. The highest BCUT2D eigenvalue weighted by Gasteiger charge is 2.10. The van der Waals surface area contributed by atoms with Crippen molar-refractivity contribution in [1.29, 1.82) is 5.26 Å². The number of nitrogens with zero attached hydrogens (tertiary/aromatic N) is 2. The molecule has 0 spiro atoms. The first-order valence-corrected chi connectivity index (χ1v) is 4.46. The van der Waals surface area contributed by atoms with E-state index >= 15 is 0 Å². The van der Waals surface area contributed by atoms with E-state index in [1.165, 1.54) is 0 Å². The maximum Gasteiger partial charge on any atom is 0.236 e. The van der Waals surface area contributed by atoms with Crippen LogP contribution in [0, 0.1) is 17.2 Å². The lowest BCUT2D eigenvalue weighted by atomic mass is 10.2. The van der Waals surface area contributed by atoms with Gasteiger partial charge in [0.25, 0.3) is 0 Å². The molecule has 1 unspecified atom stereocenters. The summed E-state index contributed by atoms with van der Waals surface area (Å²) in [7, 11) is 1.72. The molecule has 4 nitrogen and oxygen atoms in total. The number of nitrogens with one attached hydrogen (secondary N) is 1. The number of carbonyl (C=O) groups excluding carboxylic acids is 1. The molecule has 0 aromatic carbocycles. The minimum absolute atomic E-state index is 0.0314. The fourth-order valence-corrected chi connectivity index (χ4v) is 0.920. The van der Waals surface area contributed by atoms with Gasteiger partial charge in [0.2, 0.25) is 5.91 Å². The quantitative estimate of drug-likeness (QED) is 0.663. The van der Waals surface area contributed by atoms with Gasteiger partial charge in [0, 0.05) is 13.6 Å². The lowest BCUT2D eigenvalue weighted by Crippen LogP contribution is -2.37. The smallest absolute Gasteiger partial charge is 0.236 e. The van der Waals surface area contributed by atoms with Crippen LogP contribution in [0.2, 0.25) is 0 Å². The van der Waals surface area contributed by atoms with Crippen molar-refractivity contribution in [2.45, 2.75) is 13.8 Å². The van der Waals surface area contributed by atoms with Crippen molar-refractivity contribution in [3.8, 4) is 6.07 Å². The Morgan fingerprint density at radius 3 is 2.77 bits per heavy atom. The SMILES string of the molecule is CCNCC(=O)N(C)CC(C)C#N. The topological polar surface area (TPSA) is 56.1 Å². The van der Waals surface area contributed by atoms with E-state index in [9.17, 15) is 4.79 Å². The Balaban J connectivity index is 3.77. The van der Waals surface area contributed by atoms with Crippen LogP contribution in [-0.2, 0) is 4.79 Å². The monoisotopic (exact) mass is 183 g/mol.